The van der Waals surface area contributed by atoms with Crippen LogP contribution in [0.25, 0.3) is 0 Å². The van der Waals surface area contributed by atoms with E-state index in [1.807, 2.05) is 0 Å². The molecule has 0 aliphatic carbocycles. The van der Waals surface area contributed by atoms with Gasteiger partial charge < -0.3 is 10.2 Å². The summed E-state index contributed by atoms with van der Waals surface area (Å²) < 4.78 is 0. The molecular weight excluding hydrogens is 150 g/mol. The van der Waals surface area contributed by atoms with Gasteiger partial charge in [-0.25, -0.2) is 0 Å². The first-order chi connectivity index (χ1) is 5.70. The van der Waals surface area contributed by atoms with Crippen LogP contribution >= 0.6 is 0 Å². The summed E-state index contributed by atoms with van der Waals surface area (Å²) >= 11 is 0. The highest BCUT2D eigenvalue weighted by Gasteiger charge is 2.37. The highest BCUT2D eigenvalue weighted by molar-refractivity contribution is 5.11. The summed E-state index contributed by atoms with van der Waals surface area (Å²) in [5, 5.41) is 6.95. The van der Waals surface area contributed by atoms with E-state index < -0.39 is 0 Å². The first kappa shape index (κ1) is 8.08. The quantitative estimate of drug-likeness (QED) is 0.536. The van der Waals surface area contributed by atoms with Gasteiger partial charge in [0.1, 0.15) is 5.66 Å². The average molecular weight is 167 g/mol. The Morgan fingerprint density at radius 2 is 2.42 bits per heavy atom. The Labute approximate surface area is 73.8 Å². The molecule has 0 saturated carbocycles. The molecule has 2 rings (SSSR count). The highest BCUT2D eigenvalue weighted by atomic mass is 15.3. The van der Waals surface area contributed by atoms with Crippen molar-refractivity contribution in [3.8, 4) is 0 Å². The summed E-state index contributed by atoms with van der Waals surface area (Å²) in [5.74, 6) is 0. The van der Waals surface area contributed by atoms with Crippen molar-refractivity contribution in [3.05, 3.63) is 12.3 Å². The summed E-state index contributed by atoms with van der Waals surface area (Å²) in [6, 6.07) is 0. The Hall–Kier alpha value is -0.540. The third-order valence-electron chi connectivity index (χ3n) is 2.74. The lowest BCUT2D eigenvalue weighted by molar-refractivity contribution is 0.146. The second-order valence-electron chi connectivity index (χ2n) is 4.01. The van der Waals surface area contributed by atoms with Gasteiger partial charge in [-0.05, 0) is 26.4 Å². The van der Waals surface area contributed by atoms with Gasteiger partial charge in [-0.1, -0.05) is 6.58 Å². The second-order valence-corrected chi connectivity index (χ2v) is 4.01. The van der Waals surface area contributed by atoms with Gasteiger partial charge in [0, 0.05) is 18.8 Å². The predicted molar refractivity (Wildman–Crippen MR) is 49.7 cm³/mol. The van der Waals surface area contributed by atoms with E-state index in [9.17, 15) is 0 Å². The molecule has 1 atom stereocenters. The maximum absolute atomic E-state index is 3.94. The molecule has 2 saturated heterocycles. The Kier molecular flexibility index (Phi) is 1.85. The van der Waals surface area contributed by atoms with Gasteiger partial charge in [-0.2, -0.15) is 0 Å². The molecule has 2 fully saturated rings. The smallest absolute Gasteiger partial charge is 0.101 e. The lowest BCUT2D eigenvalue weighted by Gasteiger charge is -2.39. The van der Waals surface area contributed by atoms with Crippen molar-refractivity contribution in [1.29, 1.82) is 0 Å². The minimum absolute atomic E-state index is 0.143. The third kappa shape index (κ3) is 1.34. The van der Waals surface area contributed by atoms with Gasteiger partial charge >= 0.3 is 0 Å². The van der Waals surface area contributed by atoms with E-state index in [2.05, 4.69) is 29.2 Å². The number of nitrogens with zero attached hydrogens (tertiary/aromatic N) is 1. The van der Waals surface area contributed by atoms with Gasteiger partial charge in [0.05, 0.1) is 0 Å². The first-order valence-electron chi connectivity index (χ1n) is 4.60. The van der Waals surface area contributed by atoms with E-state index in [-0.39, 0.29) is 5.66 Å². The molecule has 2 N–H and O–H groups in total. The van der Waals surface area contributed by atoms with Gasteiger partial charge in [0.2, 0.25) is 0 Å². The highest BCUT2D eigenvalue weighted by Crippen LogP contribution is 2.21. The van der Waals surface area contributed by atoms with Crippen molar-refractivity contribution < 1.29 is 0 Å². The van der Waals surface area contributed by atoms with Crippen LogP contribution < -0.4 is 10.6 Å². The molecule has 1 unspecified atom stereocenters. The number of likely N-dealkylation sites (tertiary alicyclic amines) is 1. The fourth-order valence-electron chi connectivity index (χ4n) is 2.22. The molecule has 0 amide bonds. The van der Waals surface area contributed by atoms with Gasteiger partial charge in [0.15, 0.2) is 0 Å². The lowest BCUT2D eigenvalue weighted by Crippen LogP contribution is -2.59. The lowest BCUT2D eigenvalue weighted by atomic mass is 10.00. The minimum Gasteiger partial charge on any atom is -0.369 e. The van der Waals surface area contributed by atoms with Crippen LogP contribution in [0.5, 0.6) is 0 Å². The molecule has 12 heavy (non-hydrogen) atoms. The fourth-order valence-corrected chi connectivity index (χ4v) is 2.22. The predicted octanol–water partition coefficient (Wildman–Crippen LogP) is 0.115. The van der Waals surface area contributed by atoms with Crippen molar-refractivity contribution in [1.82, 2.24) is 15.5 Å². The maximum Gasteiger partial charge on any atom is 0.101 e. The van der Waals surface area contributed by atoms with E-state index in [1.165, 1.54) is 19.4 Å². The first-order valence-corrected chi connectivity index (χ1v) is 4.60. The van der Waals surface area contributed by atoms with E-state index in [0.29, 0.717) is 0 Å². The molecule has 0 radical (unpaired) electrons. The van der Waals surface area contributed by atoms with Crippen LogP contribution in [0.4, 0.5) is 0 Å². The summed E-state index contributed by atoms with van der Waals surface area (Å²) in [7, 11) is 2.17. The molecule has 2 aliphatic heterocycles. The standard InChI is InChI=1S/C9H17N3/c1-8-6-10-9(11-8)4-3-5-12(2)7-9/h10-11H,1,3-7H2,2H3. The molecule has 2 aliphatic rings. The molecule has 0 aromatic heterocycles. The largest absolute Gasteiger partial charge is 0.369 e. The van der Waals surface area contributed by atoms with E-state index in [0.717, 1.165) is 18.8 Å². The third-order valence-corrected chi connectivity index (χ3v) is 2.74. The maximum atomic E-state index is 3.94. The van der Waals surface area contributed by atoms with Crippen LogP contribution in [0, 0.1) is 0 Å². The van der Waals surface area contributed by atoms with Crippen LogP contribution in [-0.4, -0.2) is 37.2 Å². The number of nitrogens with one attached hydrogen (secondary N) is 2. The molecule has 0 aromatic carbocycles. The van der Waals surface area contributed by atoms with Crippen molar-refractivity contribution in [3.63, 3.8) is 0 Å². The van der Waals surface area contributed by atoms with Gasteiger partial charge in [-0.15, -0.1) is 0 Å². The Bertz CT molecular complexity index is 202. The number of hydrogen-bond donors (Lipinski definition) is 2. The zero-order valence-electron chi connectivity index (χ0n) is 7.69. The van der Waals surface area contributed by atoms with Crippen LogP contribution in [0.1, 0.15) is 12.8 Å². The minimum atomic E-state index is 0.143. The molecular formula is C9H17N3. The monoisotopic (exact) mass is 167 g/mol. The molecule has 0 bridgehead atoms. The van der Waals surface area contributed by atoms with Crippen molar-refractivity contribution in [2.24, 2.45) is 0 Å². The SMILES string of the molecule is C=C1CNC2(CCCN(C)C2)N1. The number of likely N-dealkylation sites (N-methyl/N-ethyl adjacent to an activating group) is 1. The average Bonchev–Trinajstić information content (AvgIpc) is 2.32. The summed E-state index contributed by atoms with van der Waals surface area (Å²) in [6.45, 7) is 7.17. The fraction of sp³-hybridized carbons (Fsp3) is 0.778. The Morgan fingerprint density at radius 3 is 3.00 bits per heavy atom. The van der Waals surface area contributed by atoms with Crippen LogP contribution in [0.3, 0.4) is 0 Å². The molecule has 0 aromatic rings. The molecule has 68 valence electrons. The Balaban J connectivity index is 2.05. The summed E-state index contributed by atoms with van der Waals surface area (Å²) in [5.41, 5.74) is 1.27. The van der Waals surface area contributed by atoms with E-state index in [4.69, 9.17) is 0 Å². The van der Waals surface area contributed by atoms with Crippen molar-refractivity contribution in [2.75, 3.05) is 26.7 Å². The van der Waals surface area contributed by atoms with Crippen molar-refractivity contribution >= 4 is 0 Å². The number of hydrogen-bond acceptors (Lipinski definition) is 3. The Morgan fingerprint density at radius 1 is 1.58 bits per heavy atom. The second kappa shape index (κ2) is 2.75. The zero-order chi connectivity index (χ0) is 8.60. The van der Waals surface area contributed by atoms with Crippen LogP contribution in [-0.2, 0) is 0 Å². The van der Waals surface area contributed by atoms with Crippen molar-refractivity contribution in [2.45, 2.75) is 18.5 Å². The van der Waals surface area contributed by atoms with Gasteiger partial charge in [-0.3, -0.25) is 5.32 Å². The topological polar surface area (TPSA) is 27.3 Å². The number of rotatable bonds is 0. The van der Waals surface area contributed by atoms with E-state index in [1.54, 1.807) is 0 Å². The van der Waals surface area contributed by atoms with E-state index >= 15 is 0 Å². The molecule has 3 heteroatoms. The summed E-state index contributed by atoms with van der Waals surface area (Å²) in [4.78, 5) is 2.36. The summed E-state index contributed by atoms with van der Waals surface area (Å²) in [6.07, 6.45) is 2.49. The normalized spacial score (nSPS) is 37.2. The van der Waals surface area contributed by atoms with Gasteiger partial charge in [0.25, 0.3) is 0 Å². The molecule has 3 nitrogen and oxygen atoms in total. The molecule has 2 heterocycles. The van der Waals surface area contributed by atoms with Crippen LogP contribution in [0.2, 0.25) is 0 Å². The molecule has 1 spiro atoms. The number of piperidine rings is 1. The van der Waals surface area contributed by atoms with Crippen LogP contribution in [0.15, 0.2) is 12.3 Å². The zero-order valence-corrected chi connectivity index (χ0v) is 7.69.